The number of carbonyl (C=O) groups is 2. The zero-order valence-electron chi connectivity index (χ0n) is 13.4. The molecule has 8 nitrogen and oxygen atoms in total. The Balaban J connectivity index is 1.83. The lowest BCUT2D eigenvalue weighted by atomic mass is 10.0. The summed E-state index contributed by atoms with van der Waals surface area (Å²) < 4.78 is 10.8. The fraction of sp³-hybridized carbons (Fsp3) is 0.375. The fourth-order valence-corrected chi connectivity index (χ4v) is 2.77. The van der Waals surface area contributed by atoms with E-state index in [0.29, 0.717) is 36.1 Å². The zero-order valence-corrected chi connectivity index (χ0v) is 13.4. The van der Waals surface area contributed by atoms with Gasteiger partial charge >= 0.3 is 0 Å². The first-order valence-corrected chi connectivity index (χ1v) is 7.60. The van der Waals surface area contributed by atoms with E-state index in [0.717, 1.165) is 0 Å². The van der Waals surface area contributed by atoms with Gasteiger partial charge in [-0.25, -0.2) is 0 Å². The summed E-state index contributed by atoms with van der Waals surface area (Å²) in [6.07, 6.45) is -0.430. The van der Waals surface area contributed by atoms with Gasteiger partial charge in [-0.3, -0.25) is 9.59 Å². The summed E-state index contributed by atoms with van der Waals surface area (Å²) in [5.74, 6) is 0.0222. The zero-order chi connectivity index (χ0) is 17.3. The molecule has 1 aliphatic heterocycles. The van der Waals surface area contributed by atoms with Crippen LogP contribution in [-0.2, 0) is 9.53 Å². The summed E-state index contributed by atoms with van der Waals surface area (Å²) in [7, 11) is 0. The summed E-state index contributed by atoms with van der Waals surface area (Å²) in [6.45, 7) is 4.13. The standard InChI is InChI=1S/C16H18N4O4/c1-9-13(14(17)21)20(7-8-23-9)16(22)12-5-3-11(4-6-12)15-19-18-10(2)24-15/h3-6,9,13H,7-8H2,1-2H3,(H2,17,21)/t9-,13+/m1/s1. The Labute approximate surface area is 138 Å². The first-order valence-electron chi connectivity index (χ1n) is 7.60. The number of benzene rings is 1. The highest BCUT2D eigenvalue weighted by Gasteiger charge is 2.37. The molecule has 8 heteroatoms. The first kappa shape index (κ1) is 16.1. The van der Waals surface area contributed by atoms with Crippen molar-refractivity contribution >= 4 is 11.8 Å². The Morgan fingerprint density at radius 3 is 2.54 bits per heavy atom. The number of nitrogens with two attached hydrogens (primary N) is 1. The van der Waals surface area contributed by atoms with Gasteiger partial charge in [0.05, 0.1) is 12.7 Å². The number of carbonyl (C=O) groups excluding carboxylic acids is 2. The summed E-state index contributed by atoms with van der Waals surface area (Å²) in [4.78, 5) is 25.9. The van der Waals surface area contributed by atoms with E-state index in [9.17, 15) is 9.59 Å². The molecule has 3 rings (SSSR count). The summed E-state index contributed by atoms with van der Waals surface area (Å²) in [5.41, 5.74) is 6.60. The number of morpholine rings is 1. The number of rotatable bonds is 3. The van der Waals surface area contributed by atoms with Crippen LogP contribution < -0.4 is 5.73 Å². The van der Waals surface area contributed by atoms with Crippen molar-refractivity contribution in [3.63, 3.8) is 0 Å². The van der Waals surface area contributed by atoms with E-state index >= 15 is 0 Å². The lowest BCUT2D eigenvalue weighted by molar-refractivity contribution is -0.132. The van der Waals surface area contributed by atoms with Crippen LogP contribution >= 0.6 is 0 Å². The highest BCUT2D eigenvalue weighted by atomic mass is 16.5. The average molecular weight is 330 g/mol. The van der Waals surface area contributed by atoms with Crippen molar-refractivity contribution < 1.29 is 18.7 Å². The molecule has 1 aromatic carbocycles. The molecule has 24 heavy (non-hydrogen) atoms. The molecule has 0 saturated carbocycles. The molecule has 1 fully saturated rings. The van der Waals surface area contributed by atoms with E-state index in [1.807, 2.05) is 0 Å². The van der Waals surface area contributed by atoms with Gasteiger partial charge in [0.1, 0.15) is 6.04 Å². The Kier molecular flexibility index (Phi) is 4.30. The van der Waals surface area contributed by atoms with Crippen LogP contribution in [0.15, 0.2) is 28.7 Å². The Hall–Kier alpha value is -2.74. The molecule has 0 radical (unpaired) electrons. The van der Waals surface area contributed by atoms with Crippen molar-refractivity contribution in [1.82, 2.24) is 15.1 Å². The topological polar surface area (TPSA) is 112 Å². The molecule has 1 aromatic heterocycles. The molecule has 2 atom stereocenters. The number of hydrogen-bond donors (Lipinski definition) is 1. The van der Waals surface area contributed by atoms with E-state index in [1.54, 1.807) is 38.1 Å². The van der Waals surface area contributed by atoms with Crippen molar-refractivity contribution in [3.8, 4) is 11.5 Å². The molecule has 0 bridgehead atoms. The first-order chi connectivity index (χ1) is 11.5. The number of aryl methyl sites for hydroxylation is 1. The van der Waals surface area contributed by atoms with Crippen LogP contribution in [0.25, 0.3) is 11.5 Å². The molecular formula is C16H18N4O4. The third-order valence-electron chi connectivity index (χ3n) is 3.95. The normalized spacial score (nSPS) is 20.8. The van der Waals surface area contributed by atoms with Gasteiger partial charge in [-0.15, -0.1) is 10.2 Å². The second kappa shape index (κ2) is 6.40. The van der Waals surface area contributed by atoms with E-state index in [4.69, 9.17) is 14.9 Å². The molecule has 0 spiro atoms. The minimum Gasteiger partial charge on any atom is -0.421 e. The minimum absolute atomic E-state index is 0.262. The van der Waals surface area contributed by atoms with E-state index in [2.05, 4.69) is 10.2 Å². The van der Waals surface area contributed by atoms with Crippen molar-refractivity contribution in [3.05, 3.63) is 35.7 Å². The molecule has 2 heterocycles. The summed E-state index contributed by atoms with van der Waals surface area (Å²) >= 11 is 0. The predicted octanol–water partition coefficient (Wildman–Crippen LogP) is 0.760. The molecule has 0 unspecified atom stereocenters. The van der Waals surface area contributed by atoms with Crippen molar-refractivity contribution in [2.75, 3.05) is 13.2 Å². The molecule has 0 aliphatic carbocycles. The summed E-state index contributed by atoms with van der Waals surface area (Å²) in [5, 5.41) is 7.71. The molecule has 2 N–H and O–H groups in total. The third kappa shape index (κ3) is 3.00. The van der Waals surface area contributed by atoms with Gasteiger partial charge in [-0.05, 0) is 31.2 Å². The van der Waals surface area contributed by atoms with Gasteiger partial charge in [-0.2, -0.15) is 0 Å². The molecule has 2 amide bonds. The van der Waals surface area contributed by atoms with Crippen LogP contribution in [0, 0.1) is 6.92 Å². The van der Waals surface area contributed by atoms with E-state index < -0.39 is 18.1 Å². The van der Waals surface area contributed by atoms with Gasteiger partial charge < -0.3 is 19.8 Å². The minimum atomic E-state index is -0.774. The maximum absolute atomic E-state index is 12.7. The van der Waals surface area contributed by atoms with Gasteiger partial charge in [-0.1, -0.05) is 0 Å². The monoisotopic (exact) mass is 330 g/mol. The molecule has 2 aromatic rings. The van der Waals surface area contributed by atoms with E-state index in [1.165, 1.54) is 4.90 Å². The van der Waals surface area contributed by atoms with Gasteiger partial charge in [0.2, 0.25) is 17.7 Å². The molecular weight excluding hydrogens is 312 g/mol. The summed E-state index contributed by atoms with van der Waals surface area (Å²) in [6, 6.07) is 6.00. The maximum Gasteiger partial charge on any atom is 0.254 e. The van der Waals surface area contributed by atoms with Crippen molar-refractivity contribution in [1.29, 1.82) is 0 Å². The number of hydrogen-bond acceptors (Lipinski definition) is 6. The number of primary amides is 1. The Bertz CT molecular complexity index is 756. The van der Waals surface area contributed by atoms with Crippen LogP contribution in [0.4, 0.5) is 0 Å². The second-order valence-corrected chi connectivity index (χ2v) is 5.63. The van der Waals surface area contributed by atoms with Gasteiger partial charge in [0.25, 0.3) is 5.91 Å². The average Bonchev–Trinajstić information content (AvgIpc) is 3.00. The van der Waals surface area contributed by atoms with Crippen molar-refractivity contribution in [2.24, 2.45) is 5.73 Å². The lowest BCUT2D eigenvalue weighted by Crippen LogP contribution is -2.58. The number of aromatic nitrogens is 2. The lowest BCUT2D eigenvalue weighted by Gasteiger charge is -2.37. The van der Waals surface area contributed by atoms with Crippen LogP contribution in [0.3, 0.4) is 0 Å². The van der Waals surface area contributed by atoms with Crippen LogP contribution in [0.5, 0.6) is 0 Å². The highest BCUT2D eigenvalue weighted by Crippen LogP contribution is 2.21. The largest absolute Gasteiger partial charge is 0.421 e. The van der Waals surface area contributed by atoms with Crippen molar-refractivity contribution in [2.45, 2.75) is 26.0 Å². The predicted molar refractivity (Wildman–Crippen MR) is 83.9 cm³/mol. The fourth-order valence-electron chi connectivity index (χ4n) is 2.77. The maximum atomic E-state index is 12.7. The molecule has 1 aliphatic rings. The smallest absolute Gasteiger partial charge is 0.254 e. The second-order valence-electron chi connectivity index (χ2n) is 5.63. The quantitative estimate of drug-likeness (QED) is 0.889. The number of nitrogens with zero attached hydrogens (tertiary/aromatic N) is 3. The number of amides is 2. The van der Waals surface area contributed by atoms with Gasteiger partial charge in [0, 0.05) is 24.6 Å². The van der Waals surface area contributed by atoms with Crippen LogP contribution in [0.2, 0.25) is 0 Å². The highest BCUT2D eigenvalue weighted by molar-refractivity contribution is 5.98. The molecule has 126 valence electrons. The van der Waals surface area contributed by atoms with Crippen LogP contribution in [-0.4, -0.2) is 52.2 Å². The Morgan fingerprint density at radius 2 is 1.96 bits per heavy atom. The van der Waals surface area contributed by atoms with E-state index in [-0.39, 0.29) is 5.91 Å². The molecule has 1 saturated heterocycles. The number of ether oxygens (including phenoxy) is 1. The van der Waals surface area contributed by atoms with Crippen LogP contribution in [0.1, 0.15) is 23.2 Å². The Morgan fingerprint density at radius 1 is 1.25 bits per heavy atom. The SMILES string of the molecule is Cc1nnc(-c2ccc(C(=O)N3CCO[C@H](C)[C@H]3C(N)=O)cc2)o1. The third-order valence-corrected chi connectivity index (χ3v) is 3.95. The van der Waals surface area contributed by atoms with Gasteiger partial charge in [0.15, 0.2) is 0 Å².